The van der Waals surface area contributed by atoms with Gasteiger partial charge in [0.25, 0.3) is 10.0 Å². The Morgan fingerprint density at radius 1 is 1.00 bits per heavy atom. The summed E-state index contributed by atoms with van der Waals surface area (Å²) in [6, 6.07) is 17.0. The number of carbonyl (C=O) groups is 2. The number of nitrogens with one attached hydrogen (secondary N) is 1. The molecular weight excluding hydrogens is 609 g/mol. The Morgan fingerprint density at radius 3 is 2.33 bits per heavy atom. The van der Waals surface area contributed by atoms with E-state index in [0.29, 0.717) is 15.6 Å². The zero-order valence-electron chi connectivity index (χ0n) is 24.6. The molecule has 1 saturated carbocycles. The maximum atomic E-state index is 14.2. The van der Waals surface area contributed by atoms with Crippen molar-refractivity contribution in [3.8, 4) is 5.75 Å². The minimum Gasteiger partial charge on any atom is -0.495 e. The van der Waals surface area contributed by atoms with Crippen LogP contribution in [-0.2, 0) is 26.2 Å². The number of para-hydroxylation sites is 2. The number of anilines is 1. The second kappa shape index (κ2) is 14.5. The van der Waals surface area contributed by atoms with Gasteiger partial charge in [-0.3, -0.25) is 13.9 Å². The van der Waals surface area contributed by atoms with Crippen LogP contribution in [0.3, 0.4) is 0 Å². The predicted octanol–water partition coefficient (Wildman–Crippen LogP) is 6.37. The summed E-state index contributed by atoms with van der Waals surface area (Å²) in [5.41, 5.74) is 1.66. The van der Waals surface area contributed by atoms with Gasteiger partial charge in [0, 0.05) is 22.6 Å². The Kier molecular flexibility index (Phi) is 11.0. The van der Waals surface area contributed by atoms with Crippen molar-refractivity contribution in [2.24, 2.45) is 0 Å². The first-order chi connectivity index (χ1) is 20.5. The van der Waals surface area contributed by atoms with Crippen LogP contribution in [0.5, 0.6) is 5.75 Å². The second-order valence-electron chi connectivity index (χ2n) is 10.8. The van der Waals surface area contributed by atoms with Gasteiger partial charge in [-0.25, -0.2) is 8.42 Å². The molecule has 8 nitrogen and oxygen atoms in total. The Balaban J connectivity index is 1.72. The van der Waals surface area contributed by atoms with Gasteiger partial charge in [0.2, 0.25) is 11.8 Å². The lowest BCUT2D eigenvalue weighted by Crippen LogP contribution is -2.53. The van der Waals surface area contributed by atoms with E-state index in [1.165, 1.54) is 24.1 Å². The van der Waals surface area contributed by atoms with E-state index < -0.39 is 28.5 Å². The largest absolute Gasteiger partial charge is 0.495 e. The van der Waals surface area contributed by atoms with Crippen molar-refractivity contribution in [3.05, 3.63) is 87.9 Å². The van der Waals surface area contributed by atoms with Crippen molar-refractivity contribution in [1.29, 1.82) is 0 Å². The van der Waals surface area contributed by atoms with Crippen molar-refractivity contribution in [2.75, 3.05) is 18.0 Å². The summed E-state index contributed by atoms with van der Waals surface area (Å²) in [6.45, 7) is 2.89. The molecule has 0 spiro atoms. The highest BCUT2D eigenvalue weighted by atomic mass is 35.5. The zero-order valence-corrected chi connectivity index (χ0v) is 26.9. The predicted molar refractivity (Wildman–Crippen MR) is 170 cm³/mol. The van der Waals surface area contributed by atoms with Gasteiger partial charge in [-0.15, -0.1) is 0 Å². The molecule has 4 rings (SSSR count). The molecule has 0 unspecified atom stereocenters. The Morgan fingerprint density at radius 2 is 1.67 bits per heavy atom. The highest BCUT2D eigenvalue weighted by Crippen LogP contribution is 2.33. The minimum atomic E-state index is -4.23. The number of methoxy groups -OCH3 is 1. The number of hydrogen-bond acceptors (Lipinski definition) is 5. The number of hydrogen-bond donors (Lipinski definition) is 1. The van der Waals surface area contributed by atoms with E-state index in [4.69, 9.17) is 27.9 Å². The highest BCUT2D eigenvalue weighted by Gasteiger charge is 2.34. The third-order valence-electron chi connectivity index (χ3n) is 7.72. The average molecular weight is 647 g/mol. The van der Waals surface area contributed by atoms with Gasteiger partial charge in [0.15, 0.2) is 0 Å². The summed E-state index contributed by atoms with van der Waals surface area (Å²) in [4.78, 5) is 29.1. The number of amides is 2. The summed E-state index contributed by atoms with van der Waals surface area (Å²) in [5.74, 6) is -0.615. The fraction of sp³-hybridized carbons (Fsp3) is 0.375. The van der Waals surface area contributed by atoms with E-state index in [1.807, 2.05) is 6.92 Å². The standard InChI is InChI=1S/C32H37Cl2N3O5S/c1-22-13-17-27(18-14-22)43(40,41)37(29-11-7-8-12-30(29)42-3)21-31(38)36(20-24-15-16-25(33)19-28(24)34)23(2)32(39)35-26-9-5-4-6-10-26/h7-8,11-19,23,26H,4-6,9-10,20-21H2,1-3H3,(H,35,39)/t23-/m1/s1. The summed E-state index contributed by atoms with van der Waals surface area (Å²) < 4.78 is 34.7. The summed E-state index contributed by atoms with van der Waals surface area (Å²) >= 11 is 12.6. The van der Waals surface area contributed by atoms with Gasteiger partial charge < -0.3 is 15.0 Å². The highest BCUT2D eigenvalue weighted by molar-refractivity contribution is 7.92. The number of aryl methyl sites for hydroxylation is 1. The molecule has 1 aliphatic rings. The fourth-order valence-electron chi connectivity index (χ4n) is 5.17. The molecule has 0 aliphatic heterocycles. The van der Waals surface area contributed by atoms with Gasteiger partial charge >= 0.3 is 0 Å². The topological polar surface area (TPSA) is 96.0 Å². The molecule has 3 aromatic rings. The quantitative estimate of drug-likeness (QED) is 0.261. The third kappa shape index (κ3) is 8.02. The lowest BCUT2D eigenvalue weighted by Gasteiger charge is -2.33. The van der Waals surface area contributed by atoms with Crippen LogP contribution in [0, 0.1) is 6.92 Å². The summed E-state index contributed by atoms with van der Waals surface area (Å²) in [7, 11) is -2.79. The van der Waals surface area contributed by atoms with Crippen LogP contribution in [-0.4, -0.2) is 50.9 Å². The first-order valence-electron chi connectivity index (χ1n) is 14.3. The molecule has 1 atom stereocenters. The molecule has 230 valence electrons. The van der Waals surface area contributed by atoms with Crippen molar-refractivity contribution in [3.63, 3.8) is 0 Å². The van der Waals surface area contributed by atoms with Crippen LogP contribution in [0.1, 0.15) is 50.2 Å². The van der Waals surface area contributed by atoms with Gasteiger partial charge in [0.05, 0.1) is 17.7 Å². The maximum absolute atomic E-state index is 14.2. The first kappa shape index (κ1) is 32.6. The molecule has 0 bridgehead atoms. The fourth-order valence-corrected chi connectivity index (χ4v) is 7.06. The lowest BCUT2D eigenvalue weighted by atomic mass is 9.95. The summed E-state index contributed by atoms with van der Waals surface area (Å²) in [6.07, 6.45) is 4.97. The molecule has 1 N–H and O–H groups in total. The molecule has 1 fully saturated rings. The molecule has 43 heavy (non-hydrogen) atoms. The van der Waals surface area contributed by atoms with E-state index in [0.717, 1.165) is 42.0 Å². The van der Waals surface area contributed by atoms with Crippen LogP contribution in [0.15, 0.2) is 71.6 Å². The van der Waals surface area contributed by atoms with Crippen molar-refractivity contribution >= 4 is 50.7 Å². The first-order valence-corrected chi connectivity index (χ1v) is 16.5. The minimum absolute atomic E-state index is 0.0205. The molecule has 1 aliphatic carbocycles. The molecule has 2 amide bonds. The normalized spacial score (nSPS) is 14.5. The number of benzene rings is 3. The number of sulfonamides is 1. The molecular formula is C32H37Cl2N3O5S. The average Bonchev–Trinajstić information content (AvgIpc) is 2.99. The molecule has 3 aromatic carbocycles. The lowest BCUT2D eigenvalue weighted by molar-refractivity contribution is -0.139. The van der Waals surface area contributed by atoms with Crippen molar-refractivity contribution < 1.29 is 22.7 Å². The van der Waals surface area contributed by atoms with Crippen LogP contribution >= 0.6 is 23.2 Å². The summed E-state index contributed by atoms with van der Waals surface area (Å²) in [5, 5.41) is 3.85. The number of halogens is 2. The molecule has 11 heteroatoms. The van der Waals surface area contributed by atoms with Crippen LogP contribution < -0.4 is 14.4 Å². The number of nitrogens with zero attached hydrogens (tertiary/aromatic N) is 2. The smallest absolute Gasteiger partial charge is 0.264 e. The molecule has 0 saturated heterocycles. The maximum Gasteiger partial charge on any atom is 0.264 e. The van der Waals surface area contributed by atoms with Crippen LogP contribution in [0.2, 0.25) is 10.0 Å². The van der Waals surface area contributed by atoms with E-state index in [9.17, 15) is 18.0 Å². The van der Waals surface area contributed by atoms with Gasteiger partial charge in [0.1, 0.15) is 18.3 Å². The third-order valence-corrected chi connectivity index (χ3v) is 10.1. The monoisotopic (exact) mass is 645 g/mol. The Hall–Kier alpha value is -3.27. The van der Waals surface area contributed by atoms with Gasteiger partial charge in [-0.2, -0.15) is 0 Å². The molecule has 0 aromatic heterocycles. The second-order valence-corrected chi connectivity index (χ2v) is 13.5. The van der Waals surface area contributed by atoms with Crippen molar-refractivity contribution in [2.45, 2.75) is 69.5 Å². The number of rotatable bonds is 11. The molecule has 0 heterocycles. The Labute approximate surface area is 264 Å². The van der Waals surface area contributed by atoms with Crippen molar-refractivity contribution in [1.82, 2.24) is 10.2 Å². The zero-order chi connectivity index (χ0) is 31.1. The Bertz CT molecular complexity index is 1540. The van der Waals surface area contributed by atoms with E-state index in [1.54, 1.807) is 61.5 Å². The van der Waals surface area contributed by atoms with Gasteiger partial charge in [-0.05, 0) is 68.7 Å². The molecule has 0 radical (unpaired) electrons. The van der Waals surface area contributed by atoms with E-state index in [2.05, 4.69) is 5.32 Å². The van der Waals surface area contributed by atoms with Crippen LogP contribution in [0.4, 0.5) is 5.69 Å². The number of carbonyl (C=O) groups excluding carboxylic acids is 2. The van der Waals surface area contributed by atoms with Gasteiger partial charge in [-0.1, -0.05) is 78.4 Å². The van der Waals surface area contributed by atoms with E-state index >= 15 is 0 Å². The number of ether oxygens (including phenoxy) is 1. The van der Waals surface area contributed by atoms with E-state index in [-0.39, 0.29) is 34.8 Å². The SMILES string of the molecule is COc1ccccc1N(CC(=O)N(Cc1ccc(Cl)cc1Cl)[C@H](C)C(=O)NC1CCCCC1)S(=O)(=O)c1ccc(C)cc1. The van der Waals surface area contributed by atoms with Crippen LogP contribution in [0.25, 0.3) is 0 Å².